The highest BCUT2D eigenvalue weighted by Crippen LogP contribution is 2.08. The number of hydrogen-bond donors (Lipinski definition) is 1. The van der Waals surface area contributed by atoms with Gasteiger partial charge in [0, 0.05) is 19.5 Å². The van der Waals surface area contributed by atoms with Gasteiger partial charge in [-0.05, 0) is 19.3 Å². The molecule has 0 radical (unpaired) electrons. The first-order valence-electron chi connectivity index (χ1n) is 4.41. The van der Waals surface area contributed by atoms with Crippen molar-refractivity contribution in [3.05, 3.63) is 0 Å². The summed E-state index contributed by atoms with van der Waals surface area (Å²) in [5.41, 5.74) is 5.61. The topological polar surface area (TPSA) is 41.6 Å². The third-order valence-corrected chi connectivity index (χ3v) is 1.96. The zero-order chi connectivity index (χ0) is 8.10. The van der Waals surface area contributed by atoms with E-state index in [-0.39, 0.29) is 0 Å². The molecule has 11 heavy (non-hydrogen) atoms. The van der Waals surface area contributed by atoms with Crippen molar-refractivity contribution in [1.29, 1.82) is 0 Å². The molecule has 1 saturated heterocycles. The van der Waals surface area contributed by atoms with E-state index in [1.165, 1.54) is 19.3 Å². The summed E-state index contributed by atoms with van der Waals surface area (Å²) in [5.74, 6) is 0.756. The second-order valence-electron chi connectivity index (χ2n) is 2.96. The minimum Gasteiger partial charge on any atom is -0.386 e. The van der Waals surface area contributed by atoms with Crippen LogP contribution in [0.4, 0.5) is 0 Å². The van der Waals surface area contributed by atoms with Crippen molar-refractivity contribution in [1.82, 2.24) is 5.01 Å². The molecule has 1 fully saturated rings. The van der Waals surface area contributed by atoms with Gasteiger partial charge in [0.15, 0.2) is 0 Å². The van der Waals surface area contributed by atoms with Gasteiger partial charge in [0.2, 0.25) is 0 Å². The summed E-state index contributed by atoms with van der Waals surface area (Å²) >= 11 is 0. The van der Waals surface area contributed by atoms with Crippen LogP contribution in [-0.2, 0) is 0 Å². The average molecular weight is 155 g/mol. The first-order valence-corrected chi connectivity index (χ1v) is 4.41. The summed E-state index contributed by atoms with van der Waals surface area (Å²) in [6.45, 7) is 4.20. The number of rotatable bonds is 2. The molecule has 0 aliphatic carbocycles. The van der Waals surface area contributed by atoms with E-state index >= 15 is 0 Å². The molecule has 0 aromatic rings. The van der Waals surface area contributed by atoms with Gasteiger partial charge in [-0.2, -0.15) is 5.10 Å². The van der Waals surface area contributed by atoms with Crippen LogP contribution in [0.1, 0.15) is 32.6 Å². The zero-order valence-corrected chi connectivity index (χ0v) is 7.21. The molecule has 1 aliphatic heterocycles. The molecule has 0 aromatic carbocycles. The highest BCUT2D eigenvalue weighted by atomic mass is 15.5. The highest BCUT2D eigenvalue weighted by Gasteiger charge is 2.06. The third kappa shape index (κ3) is 2.78. The lowest BCUT2D eigenvalue weighted by Gasteiger charge is -2.23. The summed E-state index contributed by atoms with van der Waals surface area (Å²) in [6, 6.07) is 0. The monoisotopic (exact) mass is 155 g/mol. The summed E-state index contributed by atoms with van der Waals surface area (Å²) in [4.78, 5) is 0. The molecule has 2 N–H and O–H groups in total. The maximum Gasteiger partial charge on any atom is 0.119 e. The molecule has 0 unspecified atom stereocenters. The maximum absolute atomic E-state index is 5.61. The quantitative estimate of drug-likeness (QED) is 0.480. The molecule has 1 heterocycles. The van der Waals surface area contributed by atoms with Gasteiger partial charge in [-0.1, -0.05) is 6.92 Å². The maximum atomic E-state index is 5.61. The van der Waals surface area contributed by atoms with Crippen molar-refractivity contribution in [2.24, 2.45) is 10.8 Å². The van der Waals surface area contributed by atoms with Crippen LogP contribution in [0.15, 0.2) is 5.10 Å². The van der Waals surface area contributed by atoms with Crippen LogP contribution >= 0.6 is 0 Å². The lowest BCUT2D eigenvalue weighted by molar-refractivity contribution is 0.238. The molecule has 0 atom stereocenters. The molecule has 0 aromatic heterocycles. The van der Waals surface area contributed by atoms with Gasteiger partial charge in [-0.25, -0.2) is 0 Å². The number of hydrogen-bond acceptors (Lipinski definition) is 2. The van der Waals surface area contributed by atoms with Gasteiger partial charge in [-0.15, -0.1) is 0 Å². The van der Waals surface area contributed by atoms with Crippen molar-refractivity contribution in [2.75, 3.05) is 13.1 Å². The van der Waals surface area contributed by atoms with Gasteiger partial charge in [0.1, 0.15) is 5.84 Å². The number of nitrogens with zero attached hydrogens (tertiary/aromatic N) is 2. The van der Waals surface area contributed by atoms with E-state index in [0.717, 1.165) is 25.3 Å². The van der Waals surface area contributed by atoms with E-state index in [1.54, 1.807) is 0 Å². The Labute approximate surface area is 68.3 Å². The Kier molecular flexibility index (Phi) is 3.20. The smallest absolute Gasteiger partial charge is 0.119 e. The zero-order valence-electron chi connectivity index (χ0n) is 7.21. The van der Waals surface area contributed by atoms with Crippen molar-refractivity contribution in [3.8, 4) is 0 Å². The predicted molar refractivity (Wildman–Crippen MR) is 47.3 cm³/mol. The van der Waals surface area contributed by atoms with Crippen LogP contribution in [0.25, 0.3) is 0 Å². The Morgan fingerprint density at radius 2 is 2.00 bits per heavy atom. The Morgan fingerprint density at radius 1 is 1.36 bits per heavy atom. The van der Waals surface area contributed by atoms with Crippen LogP contribution in [0.3, 0.4) is 0 Å². The van der Waals surface area contributed by atoms with Crippen molar-refractivity contribution in [3.63, 3.8) is 0 Å². The average Bonchev–Trinajstić information content (AvgIpc) is 2.06. The lowest BCUT2D eigenvalue weighted by Crippen LogP contribution is -2.27. The Hall–Kier alpha value is -0.730. The summed E-state index contributed by atoms with van der Waals surface area (Å²) < 4.78 is 0. The second-order valence-corrected chi connectivity index (χ2v) is 2.96. The SMILES string of the molecule is CC/C(N)=N/N1CCCCC1. The van der Waals surface area contributed by atoms with Crippen LogP contribution < -0.4 is 5.73 Å². The van der Waals surface area contributed by atoms with Crippen LogP contribution in [-0.4, -0.2) is 23.9 Å². The minimum atomic E-state index is 0.756. The molecular formula is C8H17N3. The molecule has 0 spiro atoms. The molecule has 3 heteroatoms. The largest absolute Gasteiger partial charge is 0.386 e. The first kappa shape index (κ1) is 8.37. The van der Waals surface area contributed by atoms with Crippen molar-refractivity contribution >= 4 is 5.84 Å². The Bertz CT molecular complexity index is 136. The molecule has 1 aliphatic rings. The number of nitrogens with two attached hydrogens (primary N) is 1. The van der Waals surface area contributed by atoms with Crippen LogP contribution in [0.2, 0.25) is 0 Å². The first-order chi connectivity index (χ1) is 5.33. The van der Waals surface area contributed by atoms with Gasteiger partial charge in [0.05, 0.1) is 0 Å². The highest BCUT2D eigenvalue weighted by molar-refractivity contribution is 5.79. The molecule has 64 valence electrons. The molecule has 0 saturated carbocycles. The molecular weight excluding hydrogens is 138 g/mol. The predicted octanol–water partition coefficient (Wildman–Crippen LogP) is 1.15. The second kappa shape index (κ2) is 4.21. The number of hydrazone groups is 1. The Balaban J connectivity index is 2.34. The van der Waals surface area contributed by atoms with E-state index in [1.807, 2.05) is 6.92 Å². The van der Waals surface area contributed by atoms with Gasteiger partial charge < -0.3 is 5.73 Å². The van der Waals surface area contributed by atoms with E-state index < -0.39 is 0 Å². The number of piperidine rings is 1. The standard InChI is InChI=1S/C8H17N3/c1-2-8(9)10-11-6-4-3-5-7-11/h2-7H2,1H3,(H2,9,10). The van der Waals surface area contributed by atoms with E-state index in [9.17, 15) is 0 Å². The van der Waals surface area contributed by atoms with E-state index in [0.29, 0.717) is 0 Å². The summed E-state index contributed by atoms with van der Waals surface area (Å²) in [7, 11) is 0. The lowest BCUT2D eigenvalue weighted by atomic mass is 10.2. The Morgan fingerprint density at radius 3 is 2.55 bits per heavy atom. The molecule has 0 amide bonds. The number of amidine groups is 1. The van der Waals surface area contributed by atoms with Gasteiger partial charge >= 0.3 is 0 Å². The fourth-order valence-corrected chi connectivity index (χ4v) is 1.23. The fourth-order valence-electron chi connectivity index (χ4n) is 1.23. The third-order valence-electron chi connectivity index (χ3n) is 1.96. The van der Waals surface area contributed by atoms with Crippen molar-refractivity contribution < 1.29 is 0 Å². The molecule has 0 bridgehead atoms. The van der Waals surface area contributed by atoms with Crippen LogP contribution in [0.5, 0.6) is 0 Å². The summed E-state index contributed by atoms with van der Waals surface area (Å²) in [6.07, 6.45) is 4.73. The van der Waals surface area contributed by atoms with Crippen molar-refractivity contribution in [2.45, 2.75) is 32.6 Å². The van der Waals surface area contributed by atoms with Gasteiger partial charge in [-0.3, -0.25) is 5.01 Å². The summed E-state index contributed by atoms with van der Waals surface area (Å²) in [5, 5.41) is 6.37. The van der Waals surface area contributed by atoms with E-state index in [2.05, 4.69) is 10.1 Å². The molecule has 1 rings (SSSR count). The fraction of sp³-hybridized carbons (Fsp3) is 0.875. The van der Waals surface area contributed by atoms with E-state index in [4.69, 9.17) is 5.73 Å². The molecule has 3 nitrogen and oxygen atoms in total. The minimum absolute atomic E-state index is 0.756. The van der Waals surface area contributed by atoms with Crippen LogP contribution in [0, 0.1) is 0 Å². The van der Waals surface area contributed by atoms with Gasteiger partial charge in [0.25, 0.3) is 0 Å². The normalized spacial score (nSPS) is 20.5.